The van der Waals surface area contributed by atoms with Gasteiger partial charge in [-0.2, -0.15) is 5.10 Å². The molecule has 1 aromatic carbocycles. The molecule has 5 nitrogen and oxygen atoms in total. The Morgan fingerprint density at radius 1 is 1.29 bits per heavy atom. The van der Waals surface area contributed by atoms with Crippen LogP contribution in [0, 0.1) is 11.3 Å². The second-order valence-electron chi connectivity index (χ2n) is 6.79. The van der Waals surface area contributed by atoms with Gasteiger partial charge in [-0.3, -0.25) is 4.79 Å². The average Bonchev–Trinajstić information content (AvgIpc) is 3.01. The molecule has 3 aliphatic rings. The topological polar surface area (TPSA) is 59.9 Å². The quantitative estimate of drug-likeness (QED) is 0.859. The number of hydrogen-bond donors (Lipinski definition) is 1. The van der Waals surface area contributed by atoms with Crippen LogP contribution in [-0.4, -0.2) is 24.3 Å². The Labute approximate surface area is 123 Å². The highest BCUT2D eigenvalue weighted by atomic mass is 16.7. The molecular formula is C16H18N2O3. The molecule has 1 aliphatic carbocycles. The molecule has 2 aliphatic heterocycles. The van der Waals surface area contributed by atoms with Crippen molar-refractivity contribution in [3.8, 4) is 11.5 Å². The van der Waals surface area contributed by atoms with Crippen LogP contribution in [0.3, 0.4) is 0 Å². The van der Waals surface area contributed by atoms with E-state index in [1.54, 1.807) is 0 Å². The van der Waals surface area contributed by atoms with E-state index in [4.69, 9.17) is 9.47 Å². The highest BCUT2D eigenvalue weighted by Gasteiger charge is 2.46. The Bertz CT molecular complexity index is 651. The van der Waals surface area contributed by atoms with Crippen molar-refractivity contribution >= 4 is 11.5 Å². The van der Waals surface area contributed by atoms with Crippen LogP contribution < -0.4 is 14.9 Å². The molecule has 0 amide bonds. The Morgan fingerprint density at radius 2 is 2.10 bits per heavy atom. The van der Waals surface area contributed by atoms with Crippen molar-refractivity contribution in [2.24, 2.45) is 16.4 Å². The van der Waals surface area contributed by atoms with Crippen LogP contribution in [0.25, 0.3) is 0 Å². The molecule has 0 spiro atoms. The molecular weight excluding hydrogens is 268 g/mol. The standard InChI is InChI=1S/C16H18N2O3/c1-16(2)6-10-14(11(19)7-16)15(18-17-10)9-3-4-12-13(5-9)21-8-20-12/h3-5,10,14,17H,6-8H2,1-2H3/t10-,14+/m1/s1. The van der Waals surface area contributed by atoms with Crippen LogP contribution in [0.15, 0.2) is 23.3 Å². The third-order valence-electron chi connectivity index (χ3n) is 4.49. The van der Waals surface area contributed by atoms with E-state index >= 15 is 0 Å². The van der Waals surface area contributed by atoms with E-state index < -0.39 is 0 Å². The summed E-state index contributed by atoms with van der Waals surface area (Å²) in [6.07, 6.45) is 1.57. The predicted molar refractivity (Wildman–Crippen MR) is 77.5 cm³/mol. The number of carbonyl (C=O) groups excluding carboxylic acids is 1. The summed E-state index contributed by atoms with van der Waals surface area (Å²) in [7, 11) is 0. The van der Waals surface area contributed by atoms with Gasteiger partial charge in [0.1, 0.15) is 5.78 Å². The summed E-state index contributed by atoms with van der Waals surface area (Å²) < 4.78 is 10.7. The zero-order valence-corrected chi connectivity index (χ0v) is 12.2. The highest BCUT2D eigenvalue weighted by molar-refractivity contribution is 6.15. The monoisotopic (exact) mass is 286 g/mol. The number of nitrogens with zero attached hydrogens (tertiary/aromatic N) is 1. The molecule has 0 saturated heterocycles. The van der Waals surface area contributed by atoms with Gasteiger partial charge in [0.15, 0.2) is 11.5 Å². The molecule has 110 valence electrons. The van der Waals surface area contributed by atoms with Gasteiger partial charge in [0.05, 0.1) is 17.7 Å². The number of ketones is 1. The Balaban J connectivity index is 1.66. The third kappa shape index (κ3) is 1.99. The smallest absolute Gasteiger partial charge is 0.231 e. The maximum absolute atomic E-state index is 12.5. The second-order valence-corrected chi connectivity index (χ2v) is 6.79. The van der Waals surface area contributed by atoms with Crippen molar-refractivity contribution < 1.29 is 14.3 Å². The Morgan fingerprint density at radius 3 is 2.95 bits per heavy atom. The van der Waals surface area contributed by atoms with Crippen molar-refractivity contribution in [1.29, 1.82) is 0 Å². The fourth-order valence-corrected chi connectivity index (χ4v) is 3.58. The number of carbonyl (C=O) groups is 1. The molecule has 4 rings (SSSR count). The van der Waals surface area contributed by atoms with Crippen LogP contribution in [0.2, 0.25) is 0 Å². The van der Waals surface area contributed by atoms with Crippen molar-refractivity contribution in [2.45, 2.75) is 32.7 Å². The van der Waals surface area contributed by atoms with Crippen LogP contribution in [0.1, 0.15) is 32.3 Å². The normalized spacial score (nSPS) is 28.9. The molecule has 2 heterocycles. The van der Waals surface area contributed by atoms with Gasteiger partial charge in [0.25, 0.3) is 0 Å². The number of ether oxygens (including phenoxy) is 2. The lowest BCUT2D eigenvalue weighted by molar-refractivity contribution is -0.126. The first-order valence-electron chi connectivity index (χ1n) is 7.29. The SMILES string of the molecule is CC1(C)CC(=O)[C@H]2C(c3ccc4c(c3)OCO4)=NN[C@@H]2C1. The maximum atomic E-state index is 12.5. The van der Waals surface area contributed by atoms with Crippen LogP contribution >= 0.6 is 0 Å². The van der Waals surface area contributed by atoms with Crippen LogP contribution in [-0.2, 0) is 4.79 Å². The number of nitrogens with one attached hydrogen (secondary N) is 1. The average molecular weight is 286 g/mol. The first-order chi connectivity index (χ1) is 10.0. The lowest BCUT2D eigenvalue weighted by Crippen LogP contribution is -2.45. The minimum atomic E-state index is -0.140. The fourth-order valence-electron chi connectivity index (χ4n) is 3.58. The largest absolute Gasteiger partial charge is 0.454 e. The molecule has 0 aromatic heterocycles. The molecule has 21 heavy (non-hydrogen) atoms. The lowest BCUT2D eigenvalue weighted by atomic mass is 9.68. The minimum Gasteiger partial charge on any atom is -0.454 e. The molecule has 0 radical (unpaired) electrons. The summed E-state index contributed by atoms with van der Waals surface area (Å²) >= 11 is 0. The number of hydrogen-bond acceptors (Lipinski definition) is 5. The first-order valence-corrected chi connectivity index (χ1v) is 7.29. The van der Waals surface area contributed by atoms with E-state index in [1.807, 2.05) is 18.2 Å². The van der Waals surface area contributed by atoms with Gasteiger partial charge in [-0.25, -0.2) is 0 Å². The van der Waals surface area contributed by atoms with E-state index in [9.17, 15) is 4.79 Å². The van der Waals surface area contributed by atoms with Crippen LogP contribution in [0.5, 0.6) is 11.5 Å². The molecule has 1 fully saturated rings. The first kappa shape index (κ1) is 12.7. The highest BCUT2D eigenvalue weighted by Crippen LogP contribution is 2.40. The zero-order chi connectivity index (χ0) is 14.6. The Hall–Kier alpha value is -2.04. The summed E-state index contributed by atoms with van der Waals surface area (Å²) in [5.74, 6) is 1.61. The van der Waals surface area contributed by atoms with Gasteiger partial charge in [-0.15, -0.1) is 0 Å². The summed E-state index contributed by atoms with van der Waals surface area (Å²) in [6, 6.07) is 5.86. The van der Waals surface area contributed by atoms with Crippen molar-refractivity contribution in [3.05, 3.63) is 23.8 Å². The molecule has 2 atom stereocenters. The molecule has 1 aromatic rings. The van der Waals surface area contributed by atoms with Gasteiger partial charge in [-0.05, 0) is 30.0 Å². The Kier molecular flexibility index (Phi) is 2.55. The fraction of sp³-hybridized carbons (Fsp3) is 0.500. The number of benzene rings is 1. The van der Waals surface area contributed by atoms with Gasteiger partial charge in [0.2, 0.25) is 6.79 Å². The summed E-state index contributed by atoms with van der Waals surface area (Å²) in [5.41, 5.74) is 4.97. The van der Waals surface area contributed by atoms with Gasteiger partial charge >= 0.3 is 0 Å². The second kappa shape index (κ2) is 4.23. The van der Waals surface area contributed by atoms with Crippen molar-refractivity contribution in [3.63, 3.8) is 0 Å². The predicted octanol–water partition coefficient (Wildman–Crippen LogP) is 2.10. The van der Waals surface area contributed by atoms with E-state index in [0.29, 0.717) is 6.42 Å². The minimum absolute atomic E-state index is 0.0467. The number of fused-ring (bicyclic) bond motifs is 2. The maximum Gasteiger partial charge on any atom is 0.231 e. The summed E-state index contributed by atoms with van der Waals surface area (Å²) in [6.45, 7) is 4.53. The number of rotatable bonds is 1. The van der Waals surface area contributed by atoms with Crippen molar-refractivity contribution in [1.82, 2.24) is 5.43 Å². The van der Waals surface area contributed by atoms with Crippen LogP contribution in [0.4, 0.5) is 0 Å². The van der Waals surface area contributed by atoms with E-state index in [1.165, 1.54) is 0 Å². The number of Topliss-reactive ketones (excluding diaryl/α,β-unsaturated/α-hetero) is 1. The molecule has 1 saturated carbocycles. The van der Waals surface area contributed by atoms with E-state index in [0.717, 1.165) is 29.2 Å². The van der Waals surface area contributed by atoms with Gasteiger partial charge in [-0.1, -0.05) is 13.8 Å². The van der Waals surface area contributed by atoms with Gasteiger partial charge < -0.3 is 14.9 Å². The van der Waals surface area contributed by atoms with Gasteiger partial charge in [0, 0.05) is 12.0 Å². The summed E-state index contributed by atoms with van der Waals surface area (Å²) in [5, 5.41) is 4.44. The molecule has 0 unspecified atom stereocenters. The zero-order valence-electron chi connectivity index (χ0n) is 12.2. The molecule has 5 heteroatoms. The van der Waals surface area contributed by atoms with E-state index in [2.05, 4.69) is 24.4 Å². The molecule has 0 bridgehead atoms. The van der Waals surface area contributed by atoms with Crippen molar-refractivity contribution in [2.75, 3.05) is 6.79 Å². The third-order valence-corrected chi connectivity index (χ3v) is 4.49. The summed E-state index contributed by atoms with van der Waals surface area (Å²) in [4.78, 5) is 12.5. The number of hydrazone groups is 1. The molecule has 1 N–H and O–H groups in total. The van der Waals surface area contributed by atoms with E-state index in [-0.39, 0.29) is 30.0 Å². The lowest BCUT2D eigenvalue weighted by Gasteiger charge is -2.36.